The van der Waals surface area contributed by atoms with Crippen molar-refractivity contribution >= 4 is 11.9 Å². The Morgan fingerprint density at radius 1 is 1.08 bits per heavy atom. The fraction of sp³-hybridized carbons (Fsp3) is 0.810. The van der Waals surface area contributed by atoms with E-state index < -0.39 is 5.60 Å². The molecule has 1 heterocycles. The van der Waals surface area contributed by atoms with Crippen LogP contribution in [0.15, 0.2) is 12.2 Å². The second-order valence-corrected chi connectivity index (χ2v) is 9.54. The van der Waals surface area contributed by atoms with Crippen molar-refractivity contribution < 1.29 is 23.8 Å². The van der Waals surface area contributed by atoms with Gasteiger partial charge in [-0.25, -0.2) is 0 Å². The van der Waals surface area contributed by atoms with E-state index in [9.17, 15) is 9.59 Å². The largest absolute Gasteiger partial charge is 0.460 e. The first kappa shape index (κ1) is 16.8. The van der Waals surface area contributed by atoms with E-state index in [4.69, 9.17) is 14.2 Å². The predicted molar refractivity (Wildman–Crippen MR) is 92.9 cm³/mol. The molecule has 0 N–H and O–H groups in total. The summed E-state index contributed by atoms with van der Waals surface area (Å²) in [4.78, 5) is 24.5. The van der Waals surface area contributed by atoms with Gasteiger partial charge in [-0.15, -0.1) is 0 Å². The molecule has 0 spiro atoms. The van der Waals surface area contributed by atoms with Crippen LogP contribution in [-0.4, -0.2) is 36.4 Å². The van der Waals surface area contributed by atoms with E-state index in [0.717, 1.165) is 19.3 Å². The van der Waals surface area contributed by atoms with Crippen LogP contribution in [0, 0.1) is 41.4 Å². The van der Waals surface area contributed by atoms with Gasteiger partial charge in [0.15, 0.2) is 0 Å². The van der Waals surface area contributed by atoms with Crippen molar-refractivity contribution in [2.75, 3.05) is 6.61 Å². The van der Waals surface area contributed by atoms with Crippen LogP contribution >= 0.6 is 0 Å². The van der Waals surface area contributed by atoms with Gasteiger partial charge in [0.1, 0.15) is 11.7 Å². The molecule has 1 saturated heterocycles. The van der Waals surface area contributed by atoms with Gasteiger partial charge in [-0.3, -0.25) is 9.59 Å². The Morgan fingerprint density at radius 3 is 2.54 bits per heavy atom. The van der Waals surface area contributed by atoms with Crippen molar-refractivity contribution in [1.82, 2.24) is 0 Å². The second kappa shape index (κ2) is 5.57. The second-order valence-electron chi connectivity index (χ2n) is 9.54. The number of allylic oxidation sites excluding steroid dienone is 2. The Hall–Kier alpha value is -1.36. The van der Waals surface area contributed by atoms with Crippen molar-refractivity contribution in [1.29, 1.82) is 0 Å². The summed E-state index contributed by atoms with van der Waals surface area (Å²) < 4.78 is 17.8. The molecule has 0 aromatic carbocycles. The summed E-state index contributed by atoms with van der Waals surface area (Å²) >= 11 is 0. The van der Waals surface area contributed by atoms with Gasteiger partial charge < -0.3 is 14.2 Å². The van der Waals surface area contributed by atoms with Gasteiger partial charge in [-0.05, 0) is 56.8 Å². The van der Waals surface area contributed by atoms with E-state index in [1.54, 1.807) is 0 Å². The predicted octanol–water partition coefficient (Wildman–Crippen LogP) is 2.73. The highest BCUT2D eigenvalue weighted by Gasteiger charge is 2.67. The Bertz CT molecular complexity index is 667. The molecule has 5 heteroatoms. The van der Waals surface area contributed by atoms with Gasteiger partial charge in [-0.1, -0.05) is 12.2 Å². The third-order valence-corrected chi connectivity index (χ3v) is 7.71. The third-order valence-electron chi connectivity index (χ3n) is 7.71. The van der Waals surface area contributed by atoms with Crippen molar-refractivity contribution in [2.45, 2.75) is 57.8 Å². The van der Waals surface area contributed by atoms with Gasteiger partial charge in [0, 0.05) is 18.8 Å². The molecular weight excluding hydrogens is 332 g/mol. The monoisotopic (exact) mass is 360 g/mol. The van der Waals surface area contributed by atoms with Crippen LogP contribution in [0.25, 0.3) is 0 Å². The lowest BCUT2D eigenvalue weighted by molar-refractivity contribution is -0.176. The summed E-state index contributed by atoms with van der Waals surface area (Å²) in [6.45, 7) is 6.13. The summed E-state index contributed by atoms with van der Waals surface area (Å²) in [5, 5.41) is 0. The molecule has 9 atom stereocenters. The van der Waals surface area contributed by atoms with Crippen LogP contribution in [-0.2, 0) is 23.8 Å². The average Bonchev–Trinajstić information content (AvgIpc) is 3.31. The number of carbonyl (C=O) groups excluding carboxylic acids is 2. The number of rotatable bonds is 4. The van der Waals surface area contributed by atoms with E-state index in [2.05, 4.69) is 12.2 Å². The average molecular weight is 360 g/mol. The summed E-state index contributed by atoms with van der Waals surface area (Å²) in [5.41, 5.74) is -0.561. The molecular formula is C21H28O5. The first-order chi connectivity index (χ1) is 12.3. The summed E-state index contributed by atoms with van der Waals surface area (Å²) in [7, 11) is 0. The lowest BCUT2D eigenvalue weighted by atomic mass is 9.70. The smallest absolute Gasteiger partial charge is 0.309 e. The maximum atomic E-state index is 12.9. The molecule has 5 nitrogen and oxygen atoms in total. The molecule has 4 aliphatic carbocycles. The molecule has 4 fully saturated rings. The molecule has 0 amide bonds. The van der Waals surface area contributed by atoms with Gasteiger partial charge >= 0.3 is 11.9 Å². The standard InChI is InChI=1S/C21H28O5/c1-10(22)26-21(2,3)17-15-8-14-16(17)9-24-18(14)19(15)25-20(23)13-7-11-4-5-12(13)6-11/h4-5,11-19H,6-9H2,1-3H3. The molecule has 0 radical (unpaired) electrons. The van der Waals surface area contributed by atoms with E-state index >= 15 is 0 Å². The van der Waals surface area contributed by atoms with Crippen molar-refractivity contribution in [3.05, 3.63) is 12.2 Å². The Morgan fingerprint density at radius 2 is 1.88 bits per heavy atom. The number of esters is 2. The molecule has 0 aromatic heterocycles. The minimum absolute atomic E-state index is 0.0151. The minimum atomic E-state index is -0.561. The molecule has 4 bridgehead atoms. The zero-order valence-electron chi connectivity index (χ0n) is 15.7. The molecule has 142 valence electrons. The van der Waals surface area contributed by atoms with Gasteiger partial charge in [-0.2, -0.15) is 0 Å². The number of hydrogen-bond acceptors (Lipinski definition) is 5. The molecule has 3 saturated carbocycles. The van der Waals surface area contributed by atoms with Crippen LogP contribution < -0.4 is 0 Å². The molecule has 5 rings (SSSR count). The Labute approximate surface area is 154 Å². The van der Waals surface area contributed by atoms with Crippen molar-refractivity contribution in [3.8, 4) is 0 Å². The number of ether oxygens (including phenoxy) is 3. The van der Waals surface area contributed by atoms with Crippen LogP contribution in [0.2, 0.25) is 0 Å². The highest BCUT2D eigenvalue weighted by atomic mass is 16.6. The van der Waals surface area contributed by atoms with Crippen LogP contribution in [0.1, 0.15) is 40.0 Å². The quantitative estimate of drug-likeness (QED) is 0.570. The van der Waals surface area contributed by atoms with E-state index in [0.29, 0.717) is 30.3 Å². The molecule has 9 unspecified atom stereocenters. The lowest BCUT2D eigenvalue weighted by Crippen LogP contribution is -2.50. The third kappa shape index (κ3) is 2.32. The zero-order valence-corrected chi connectivity index (χ0v) is 15.7. The molecule has 5 aliphatic rings. The maximum absolute atomic E-state index is 12.9. The maximum Gasteiger partial charge on any atom is 0.309 e. The molecule has 0 aromatic rings. The van der Waals surface area contributed by atoms with E-state index in [1.165, 1.54) is 6.92 Å². The van der Waals surface area contributed by atoms with Crippen LogP contribution in [0.3, 0.4) is 0 Å². The lowest BCUT2D eigenvalue weighted by Gasteiger charge is -2.42. The van der Waals surface area contributed by atoms with Crippen molar-refractivity contribution in [3.63, 3.8) is 0 Å². The van der Waals surface area contributed by atoms with Crippen LogP contribution in [0.5, 0.6) is 0 Å². The number of hydrogen-bond donors (Lipinski definition) is 0. The first-order valence-corrected chi connectivity index (χ1v) is 10.0. The zero-order chi connectivity index (χ0) is 18.2. The van der Waals surface area contributed by atoms with Gasteiger partial charge in [0.05, 0.1) is 18.6 Å². The van der Waals surface area contributed by atoms with Crippen LogP contribution in [0.4, 0.5) is 0 Å². The summed E-state index contributed by atoms with van der Waals surface area (Å²) in [6.07, 6.45) is 7.32. The van der Waals surface area contributed by atoms with Gasteiger partial charge in [0.25, 0.3) is 0 Å². The summed E-state index contributed by atoms with van der Waals surface area (Å²) in [6, 6.07) is 0. The van der Waals surface area contributed by atoms with Crippen molar-refractivity contribution in [2.24, 2.45) is 41.4 Å². The SMILES string of the molecule is CC(=O)OC(C)(C)C1C2COC3C2CC1C3OC(=O)C1CC2C=CC1C2. The number of carbonyl (C=O) groups is 2. The number of fused-ring (bicyclic) bond motifs is 3. The molecule has 26 heavy (non-hydrogen) atoms. The highest BCUT2D eigenvalue weighted by molar-refractivity contribution is 5.74. The minimum Gasteiger partial charge on any atom is -0.460 e. The highest BCUT2D eigenvalue weighted by Crippen LogP contribution is 2.61. The first-order valence-electron chi connectivity index (χ1n) is 10.0. The van der Waals surface area contributed by atoms with Gasteiger partial charge in [0.2, 0.25) is 0 Å². The fourth-order valence-corrected chi connectivity index (χ4v) is 6.99. The topological polar surface area (TPSA) is 61.8 Å². The normalized spacial score (nSPS) is 47.6. The summed E-state index contributed by atoms with van der Waals surface area (Å²) in [5.74, 6) is 1.87. The Balaban J connectivity index is 1.35. The Kier molecular flexibility index (Phi) is 3.60. The van der Waals surface area contributed by atoms with E-state index in [1.807, 2.05) is 13.8 Å². The van der Waals surface area contributed by atoms with E-state index in [-0.39, 0.29) is 41.9 Å². The fourth-order valence-electron chi connectivity index (χ4n) is 6.99. The molecule has 1 aliphatic heterocycles.